The van der Waals surface area contributed by atoms with E-state index >= 15 is 0 Å². The molecule has 0 bridgehead atoms. The Labute approximate surface area is 153 Å². The Hall–Kier alpha value is -2.64. The van der Waals surface area contributed by atoms with Crippen LogP contribution in [0, 0.1) is 17.0 Å². The van der Waals surface area contributed by atoms with E-state index in [4.69, 9.17) is 27.9 Å². The van der Waals surface area contributed by atoms with Gasteiger partial charge in [-0.3, -0.25) is 14.9 Å². The van der Waals surface area contributed by atoms with Crippen LogP contribution in [0.2, 0.25) is 10.0 Å². The molecule has 0 atom stereocenters. The molecule has 2 aromatic rings. The lowest BCUT2D eigenvalue weighted by Crippen LogP contribution is -2.24. The molecule has 0 heterocycles. The molecule has 2 aromatic carbocycles. The Bertz CT molecular complexity index is 840. The van der Waals surface area contributed by atoms with E-state index in [9.17, 15) is 14.9 Å². The Morgan fingerprint density at radius 2 is 2.12 bits per heavy atom. The molecule has 0 aromatic heterocycles. The van der Waals surface area contributed by atoms with Crippen LogP contribution in [-0.4, -0.2) is 23.7 Å². The molecule has 1 amide bonds. The Kier molecular flexibility index (Phi) is 6.32. The fraction of sp³-hybridized carbons (Fsp3) is 0.125. The number of nitro groups is 1. The van der Waals surface area contributed by atoms with E-state index < -0.39 is 17.4 Å². The number of aryl methyl sites for hydroxylation is 1. The number of amides is 1. The summed E-state index contributed by atoms with van der Waals surface area (Å²) in [6.45, 7) is 1.30. The lowest BCUT2D eigenvalue weighted by Gasteiger charge is -2.06. The molecule has 0 saturated carbocycles. The van der Waals surface area contributed by atoms with Crippen LogP contribution >= 0.6 is 23.2 Å². The third-order valence-electron chi connectivity index (χ3n) is 3.04. The Morgan fingerprint density at radius 3 is 2.84 bits per heavy atom. The molecule has 0 saturated heterocycles. The highest BCUT2D eigenvalue weighted by molar-refractivity contribution is 6.43. The lowest BCUT2D eigenvalue weighted by molar-refractivity contribution is -0.385. The lowest BCUT2D eigenvalue weighted by atomic mass is 10.2. The number of ether oxygens (including phenoxy) is 1. The van der Waals surface area contributed by atoms with Crippen LogP contribution < -0.4 is 10.2 Å². The van der Waals surface area contributed by atoms with E-state index in [1.165, 1.54) is 18.3 Å². The number of benzene rings is 2. The average molecular weight is 382 g/mol. The largest absolute Gasteiger partial charge is 0.477 e. The summed E-state index contributed by atoms with van der Waals surface area (Å²) in [6, 6.07) is 9.46. The number of nitrogens with one attached hydrogen (secondary N) is 1. The van der Waals surface area contributed by atoms with E-state index in [1.807, 2.05) is 0 Å². The van der Waals surface area contributed by atoms with Crippen molar-refractivity contribution in [3.8, 4) is 5.75 Å². The first-order valence-corrected chi connectivity index (χ1v) is 7.78. The molecular formula is C16H13Cl2N3O4. The van der Waals surface area contributed by atoms with Crippen LogP contribution in [0.3, 0.4) is 0 Å². The fourth-order valence-corrected chi connectivity index (χ4v) is 2.22. The molecule has 0 aliphatic carbocycles. The van der Waals surface area contributed by atoms with Gasteiger partial charge in [-0.15, -0.1) is 0 Å². The fourth-order valence-electron chi connectivity index (χ4n) is 1.86. The highest BCUT2D eigenvalue weighted by atomic mass is 35.5. The number of hydrogen-bond donors (Lipinski definition) is 1. The molecule has 0 spiro atoms. The summed E-state index contributed by atoms with van der Waals surface area (Å²) in [5.74, 6) is -0.572. The van der Waals surface area contributed by atoms with Gasteiger partial charge in [-0.05, 0) is 24.6 Å². The van der Waals surface area contributed by atoms with Crippen LogP contribution in [0.25, 0.3) is 0 Å². The molecular weight excluding hydrogens is 369 g/mol. The van der Waals surface area contributed by atoms with Gasteiger partial charge in [-0.25, -0.2) is 5.43 Å². The topological polar surface area (TPSA) is 93.8 Å². The third kappa shape index (κ3) is 5.17. The van der Waals surface area contributed by atoms with Crippen molar-refractivity contribution in [2.75, 3.05) is 6.61 Å². The number of carbonyl (C=O) groups is 1. The van der Waals surface area contributed by atoms with E-state index in [-0.39, 0.29) is 11.4 Å². The summed E-state index contributed by atoms with van der Waals surface area (Å²) in [5.41, 5.74) is 3.28. The van der Waals surface area contributed by atoms with Crippen LogP contribution in [0.1, 0.15) is 11.1 Å². The average Bonchev–Trinajstić information content (AvgIpc) is 2.57. The van der Waals surface area contributed by atoms with Crippen molar-refractivity contribution in [2.24, 2.45) is 5.10 Å². The quantitative estimate of drug-likeness (QED) is 0.468. The number of halogens is 2. The molecule has 1 N–H and O–H groups in total. The van der Waals surface area contributed by atoms with Crippen molar-refractivity contribution in [3.63, 3.8) is 0 Å². The van der Waals surface area contributed by atoms with E-state index in [1.54, 1.807) is 31.2 Å². The zero-order chi connectivity index (χ0) is 18.4. The van der Waals surface area contributed by atoms with Gasteiger partial charge >= 0.3 is 5.69 Å². The molecule has 9 heteroatoms. The number of nitro benzene ring substituents is 1. The molecule has 7 nitrogen and oxygen atoms in total. The minimum atomic E-state index is -0.579. The first kappa shape index (κ1) is 18.7. The van der Waals surface area contributed by atoms with E-state index in [0.29, 0.717) is 21.2 Å². The molecule has 25 heavy (non-hydrogen) atoms. The highest BCUT2D eigenvalue weighted by Gasteiger charge is 2.16. The Balaban J connectivity index is 1.94. The molecule has 0 aliphatic rings. The van der Waals surface area contributed by atoms with Gasteiger partial charge in [0.25, 0.3) is 5.91 Å². The minimum Gasteiger partial charge on any atom is -0.477 e. The van der Waals surface area contributed by atoms with Gasteiger partial charge in [-0.1, -0.05) is 41.4 Å². The number of hydrogen-bond acceptors (Lipinski definition) is 5. The SMILES string of the molecule is Cc1ccc(OCC(=O)N/N=C\c2cccc(Cl)c2Cl)c([N+](=O)[O-])c1. The Morgan fingerprint density at radius 1 is 1.36 bits per heavy atom. The normalized spacial score (nSPS) is 10.7. The van der Waals surface area contributed by atoms with Crippen molar-refractivity contribution in [1.82, 2.24) is 5.43 Å². The molecule has 2 rings (SSSR count). The van der Waals surface area contributed by atoms with Crippen LogP contribution in [0.15, 0.2) is 41.5 Å². The predicted molar refractivity (Wildman–Crippen MR) is 95.5 cm³/mol. The van der Waals surface area contributed by atoms with Crippen molar-refractivity contribution < 1.29 is 14.5 Å². The summed E-state index contributed by atoms with van der Waals surface area (Å²) in [6.07, 6.45) is 1.33. The van der Waals surface area contributed by atoms with Crippen molar-refractivity contribution >= 4 is 41.0 Å². The first-order valence-electron chi connectivity index (χ1n) is 7.02. The van der Waals surface area contributed by atoms with Crippen LogP contribution in [0.5, 0.6) is 5.75 Å². The van der Waals surface area contributed by atoms with Gasteiger partial charge < -0.3 is 4.74 Å². The highest BCUT2D eigenvalue weighted by Crippen LogP contribution is 2.27. The van der Waals surface area contributed by atoms with Crippen molar-refractivity contribution in [3.05, 3.63) is 67.7 Å². The monoisotopic (exact) mass is 381 g/mol. The van der Waals surface area contributed by atoms with Crippen molar-refractivity contribution in [1.29, 1.82) is 0 Å². The second-order valence-electron chi connectivity index (χ2n) is 4.95. The van der Waals surface area contributed by atoms with Gasteiger partial charge in [0.1, 0.15) is 0 Å². The summed E-state index contributed by atoms with van der Waals surface area (Å²) < 4.78 is 5.19. The standard InChI is InChI=1S/C16H13Cl2N3O4/c1-10-5-6-14(13(7-10)21(23)24)25-9-15(22)20-19-8-11-3-2-4-12(17)16(11)18/h2-8H,9H2,1H3,(H,20,22)/b19-8-. The smallest absolute Gasteiger partial charge is 0.311 e. The number of hydrazone groups is 1. The second-order valence-corrected chi connectivity index (χ2v) is 5.74. The third-order valence-corrected chi connectivity index (χ3v) is 3.88. The van der Waals surface area contributed by atoms with Gasteiger partial charge in [-0.2, -0.15) is 5.10 Å². The van der Waals surface area contributed by atoms with Gasteiger partial charge in [0.05, 0.1) is 21.2 Å². The van der Waals surface area contributed by atoms with Crippen LogP contribution in [0.4, 0.5) is 5.69 Å². The summed E-state index contributed by atoms with van der Waals surface area (Å²) in [5, 5.41) is 15.4. The number of rotatable bonds is 6. The summed E-state index contributed by atoms with van der Waals surface area (Å²) >= 11 is 11.9. The second kappa shape index (κ2) is 8.46. The first-order chi connectivity index (χ1) is 11.9. The van der Waals surface area contributed by atoms with Gasteiger partial charge in [0, 0.05) is 11.6 Å². The maximum absolute atomic E-state index is 11.7. The molecule has 130 valence electrons. The van der Waals surface area contributed by atoms with Gasteiger partial charge in [0.15, 0.2) is 12.4 Å². The zero-order valence-electron chi connectivity index (χ0n) is 13.0. The van der Waals surface area contributed by atoms with E-state index in [2.05, 4.69) is 10.5 Å². The van der Waals surface area contributed by atoms with E-state index in [0.717, 1.165) is 0 Å². The maximum Gasteiger partial charge on any atom is 0.311 e. The molecule has 0 radical (unpaired) electrons. The molecule has 0 unspecified atom stereocenters. The van der Waals surface area contributed by atoms with Crippen molar-refractivity contribution in [2.45, 2.75) is 6.92 Å². The molecule has 0 fully saturated rings. The summed E-state index contributed by atoms with van der Waals surface area (Å²) in [4.78, 5) is 22.1. The minimum absolute atomic E-state index is 0.00705. The number of nitrogens with zero attached hydrogens (tertiary/aromatic N) is 2. The molecule has 0 aliphatic heterocycles. The maximum atomic E-state index is 11.7. The number of carbonyl (C=O) groups excluding carboxylic acids is 1. The predicted octanol–water partition coefficient (Wildman–Crippen LogP) is 3.74. The summed E-state index contributed by atoms with van der Waals surface area (Å²) in [7, 11) is 0. The van der Waals surface area contributed by atoms with Gasteiger partial charge in [0.2, 0.25) is 0 Å². The van der Waals surface area contributed by atoms with Crippen LogP contribution in [-0.2, 0) is 4.79 Å². The zero-order valence-corrected chi connectivity index (χ0v) is 14.5.